The minimum atomic E-state index is 0.884. The van der Waals surface area contributed by atoms with Crippen LogP contribution in [0.25, 0.3) is 0 Å². The molecule has 0 aliphatic heterocycles. The van der Waals surface area contributed by atoms with Gasteiger partial charge in [0.2, 0.25) is 0 Å². The fourth-order valence-electron chi connectivity index (χ4n) is 0.884. The van der Waals surface area contributed by atoms with E-state index in [0.717, 1.165) is 5.92 Å². The highest BCUT2D eigenvalue weighted by atomic mass is 14.0. The molecule has 1 aliphatic rings. The van der Waals surface area contributed by atoms with Crippen LogP contribution in [0.1, 0.15) is 79.6 Å². The molecule has 13 heavy (non-hydrogen) atoms. The Morgan fingerprint density at radius 2 is 0.923 bits per heavy atom. The second kappa shape index (κ2) is 14.5. The molecule has 1 aliphatic carbocycles. The molecule has 0 heterocycles. The number of hydrogen-bond donors (Lipinski definition) is 0. The van der Waals surface area contributed by atoms with Crippen molar-refractivity contribution in [3.8, 4) is 0 Å². The normalized spacial score (nSPS) is 14.3. The first-order valence-corrected chi connectivity index (χ1v) is 6.18. The number of rotatable bonds is 1. The Bertz CT molecular complexity index is 52.8. The van der Waals surface area contributed by atoms with E-state index in [0.29, 0.717) is 0 Å². The average molecular weight is 186 g/mol. The van der Waals surface area contributed by atoms with E-state index >= 15 is 0 Å². The van der Waals surface area contributed by atoms with Crippen LogP contribution in [0.3, 0.4) is 0 Å². The van der Waals surface area contributed by atoms with Gasteiger partial charge in [-0.2, -0.15) is 0 Å². The third-order valence-corrected chi connectivity index (χ3v) is 2.07. The molecule has 0 spiro atoms. The van der Waals surface area contributed by atoms with Gasteiger partial charge in [0.15, 0.2) is 0 Å². The van der Waals surface area contributed by atoms with Crippen molar-refractivity contribution in [2.45, 2.75) is 79.6 Å². The molecule has 1 saturated carbocycles. The molecule has 0 aromatic rings. The van der Waals surface area contributed by atoms with Crippen molar-refractivity contribution in [3.63, 3.8) is 0 Å². The first-order valence-electron chi connectivity index (χ1n) is 6.18. The van der Waals surface area contributed by atoms with Crippen molar-refractivity contribution >= 4 is 0 Å². The van der Waals surface area contributed by atoms with Gasteiger partial charge in [0, 0.05) is 0 Å². The third-order valence-electron chi connectivity index (χ3n) is 2.07. The molecule has 0 unspecified atom stereocenters. The van der Waals surface area contributed by atoms with Crippen LogP contribution in [0.15, 0.2) is 0 Å². The van der Waals surface area contributed by atoms with Gasteiger partial charge in [-0.05, 0) is 5.92 Å². The lowest BCUT2D eigenvalue weighted by Crippen LogP contribution is -1.77. The van der Waals surface area contributed by atoms with E-state index in [1.807, 2.05) is 0 Å². The molecule has 0 heteroatoms. The van der Waals surface area contributed by atoms with Gasteiger partial charge in [0.25, 0.3) is 0 Å². The molecule has 0 nitrogen and oxygen atoms in total. The van der Waals surface area contributed by atoms with E-state index < -0.39 is 0 Å². The Hall–Kier alpha value is 0. The molecule has 1 fully saturated rings. The maximum absolute atomic E-state index is 2.22. The molecule has 82 valence electrons. The van der Waals surface area contributed by atoms with Crippen molar-refractivity contribution < 1.29 is 0 Å². The zero-order valence-electron chi connectivity index (χ0n) is 10.5. The molecular formula is C13H30. The van der Waals surface area contributed by atoms with Crippen LogP contribution in [0, 0.1) is 5.92 Å². The van der Waals surface area contributed by atoms with E-state index in [2.05, 4.69) is 34.6 Å². The summed E-state index contributed by atoms with van der Waals surface area (Å²) in [6, 6.07) is 0. The zero-order chi connectivity index (χ0) is 10.5. The van der Waals surface area contributed by atoms with Gasteiger partial charge < -0.3 is 0 Å². The van der Waals surface area contributed by atoms with Crippen molar-refractivity contribution in [2.75, 3.05) is 0 Å². The first-order chi connectivity index (χ1) is 6.18. The standard InChI is InChI=1S/C5H10.C5H12.C3H8/c1-2-4-5-3-1;1-4-5(2)3;1-3-2/h1-5H2;5H,4H2,1-3H3;3H2,1-2H3. The molecule has 0 N–H and O–H groups in total. The predicted octanol–water partition coefficient (Wildman–Crippen LogP) is 5.42. The first kappa shape index (κ1) is 15.5. The van der Waals surface area contributed by atoms with Crippen LogP contribution >= 0.6 is 0 Å². The molecule has 0 bridgehead atoms. The highest BCUT2D eigenvalue weighted by Crippen LogP contribution is 2.15. The fourth-order valence-corrected chi connectivity index (χ4v) is 0.884. The van der Waals surface area contributed by atoms with Crippen LogP contribution < -0.4 is 0 Å². The largest absolute Gasteiger partial charge is 0.0656 e. The van der Waals surface area contributed by atoms with Crippen molar-refractivity contribution in [1.82, 2.24) is 0 Å². The maximum atomic E-state index is 2.22. The van der Waals surface area contributed by atoms with Gasteiger partial charge in [0.1, 0.15) is 0 Å². The third kappa shape index (κ3) is 24.5. The Balaban J connectivity index is 0. The lowest BCUT2D eigenvalue weighted by molar-refractivity contribution is 0.626. The summed E-state index contributed by atoms with van der Waals surface area (Å²) in [7, 11) is 0. The molecule has 0 aromatic carbocycles. The van der Waals surface area contributed by atoms with Crippen LogP contribution in [0.4, 0.5) is 0 Å². The van der Waals surface area contributed by atoms with E-state index in [1.54, 1.807) is 0 Å². The summed E-state index contributed by atoms with van der Waals surface area (Å²) in [6.07, 6.45) is 10.1. The van der Waals surface area contributed by atoms with Crippen LogP contribution in [-0.2, 0) is 0 Å². The quantitative estimate of drug-likeness (QED) is 0.513. The van der Waals surface area contributed by atoms with E-state index in [4.69, 9.17) is 0 Å². The van der Waals surface area contributed by atoms with E-state index in [9.17, 15) is 0 Å². The molecule has 0 saturated heterocycles. The Morgan fingerprint density at radius 3 is 1.00 bits per heavy atom. The Kier molecular flexibility index (Phi) is 17.3. The second-order valence-electron chi connectivity index (χ2n) is 4.28. The highest BCUT2D eigenvalue weighted by Gasteiger charge is 1.95. The topological polar surface area (TPSA) is 0 Å². The van der Waals surface area contributed by atoms with E-state index in [-0.39, 0.29) is 0 Å². The van der Waals surface area contributed by atoms with Crippen LogP contribution in [0.2, 0.25) is 0 Å². The van der Waals surface area contributed by atoms with Gasteiger partial charge in [-0.15, -0.1) is 0 Å². The highest BCUT2D eigenvalue weighted by molar-refractivity contribution is 4.51. The molecular weight excluding hydrogens is 156 g/mol. The smallest absolute Gasteiger partial charge is 0.0474 e. The summed E-state index contributed by atoms with van der Waals surface area (Å²) in [6.45, 7) is 10.9. The van der Waals surface area contributed by atoms with Crippen molar-refractivity contribution in [3.05, 3.63) is 0 Å². The van der Waals surface area contributed by atoms with Crippen LogP contribution in [-0.4, -0.2) is 0 Å². The van der Waals surface area contributed by atoms with Gasteiger partial charge in [-0.3, -0.25) is 0 Å². The van der Waals surface area contributed by atoms with Crippen molar-refractivity contribution in [2.24, 2.45) is 5.92 Å². The fraction of sp³-hybridized carbons (Fsp3) is 1.00. The average Bonchev–Trinajstić information content (AvgIpc) is 2.62. The van der Waals surface area contributed by atoms with Gasteiger partial charge in [-0.25, -0.2) is 0 Å². The Morgan fingerprint density at radius 1 is 0.769 bits per heavy atom. The van der Waals surface area contributed by atoms with Gasteiger partial charge >= 0.3 is 0 Å². The van der Waals surface area contributed by atoms with Crippen molar-refractivity contribution in [1.29, 1.82) is 0 Å². The molecule has 1 rings (SSSR count). The van der Waals surface area contributed by atoms with Gasteiger partial charge in [-0.1, -0.05) is 79.6 Å². The summed E-state index contributed by atoms with van der Waals surface area (Å²) >= 11 is 0. The minimum absolute atomic E-state index is 0.884. The maximum Gasteiger partial charge on any atom is -0.0474 e. The second-order valence-corrected chi connectivity index (χ2v) is 4.28. The summed E-state index contributed by atoms with van der Waals surface area (Å²) in [5, 5.41) is 0. The lowest BCUT2D eigenvalue weighted by Gasteiger charge is -1.90. The molecule has 0 amide bonds. The summed E-state index contributed by atoms with van der Waals surface area (Å²) in [4.78, 5) is 0. The van der Waals surface area contributed by atoms with Crippen LogP contribution in [0.5, 0.6) is 0 Å². The molecule has 0 radical (unpaired) electrons. The summed E-state index contributed by atoms with van der Waals surface area (Å²) < 4.78 is 0. The number of hydrogen-bond acceptors (Lipinski definition) is 0. The summed E-state index contributed by atoms with van der Waals surface area (Å²) in [5.74, 6) is 0.884. The summed E-state index contributed by atoms with van der Waals surface area (Å²) in [5.41, 5.74) is 0. The monoisotopic (exact) mass is 186 g/mol. The zero-order valence-corrected chi connectivity index (χ0v) is 10.5. The molecule has 0 aromatic heterocycles. The molecule has 0 atom stereocenters. The SMILES string of the molecule is C1CCCC1.CCC.CCC(C)C. The van der Waals surface area contributed by atoms with Gasteiger partial charge in [0.05, 0.1) is 0 Å². The van der Waals surface area contributed by atoms with E-state index in [1.165, 1.54) is 44.9 Å². The predicted molar refractivity (Wildman–Crippen MR) is 64.2 cm³/mol. The minimum Gasteiger partial charge on any atom is -0.0656 e. The lowest BCUT2D eigenvalue weighted by atomic mass is 10.2. The Labute approximate surface area is 86.1 Å².